The van der Waals surface area contributed by atoms with Gasteiger partial charge < -0.3 is 9.64 Å². The largest absolute Gasteiger partial charge is 0.477 e. The molecule has 0 unspecified atom stereocenters. The Hall–Kier alpha value is -3.26. The van der Waals surface area contributed by atoms with Crippen molar-refractivity contribution in [3.8, 4) is 17.0 Å². The lowest BCUT2D eigenvalue weighted by Crippen LogP contribution is -2.33. The SMILES string of the molecule is Cc1ccc(OCC(=O)N2CCc3cc(-c4csc(C)n4)ccc32)c([N+](=O)[O-])c1. The third-order valence-corrected chi connectivity index (χ3v) is 5.63. The predicted octanol–water partition coefficient (Wildman–Crippen LogP) is 4.30. The minimum Gasteiger partial charge on any atom is -0.477 e. The topological polar surface area (TPSA) is 85.6 Å². The Bertz CT molecular complexity index is 1110. The van der Waals surface area contributed by atoms with Crippen molar-refractivity contribution < 1.29 is 14.5 Å². The number of thiazole rings is 1. The van der Waals surface area contributed by atoms with Crippen molar-refractivity contribution in [1.29, 1.82) is 0 Å². The molecule has 7 nitrogen and oxygen atoms in total. The fraction of sp³-hybridized carbons (Fsp3) is 0.238. The summed E-state index contributed by atoms with van der Waals surface area (Å²) in [5.41, 5.74) is 4.54. The highest BCUT2D eigenvalue weighted by Gasteiger charge is 2.26. The number of carbonyl (C=O) groups is 1. The Morgan fingerprint density at radius 2 is 2.10 bits per heavy atom. The van der Waals surface area contributed by atoms with E-state index in [2.05, 4.69) is 11.1 Å². The van der Waals surface area contributed by atoms with E-state index in [1.807, 2.05) is 24.4 Å². The number of aromatic nitrogens is 1. The van der Waals surface area contributed by atoms with Crippen molar-refractivity contribution >= 4 is 28.6 Å². The van der Waals surface area contributed by atoms with Gasteiger partial charge in [0, 0.05) is 29.2 Å². The number of rotatable bonds is 5. The molecule has 4 rings (SSSR count). The molecular formula is C21H19N3O4S. The molecule has 2 heterocycles. The molecule has 1 aromatic heterocycles. The van der Waals surface area contributed by atoms with Crippen molar-refractivity contribution in [3.05, 3.63) is 68.0 Å². The molecule has 0 saturated carbocycles. The van der Waals surface area contributed by atoms with E-state index < -0.39 is 4.92 Å². The summed E-state index contributed by atoms with van der Waals surface area (Å²) in [7, 11) is 0. The third kappa shape index (κ3) is 3.84. The lowest BCUT2D eigenvalue weighted by Gasteiger charge is -2.18. The van der Waals surface area contributed by atoms with Gasteiger partial charge in [-0.3, -0.25) is 14.9 Å². The van der Waals surface area contributed by atoms with Crippen LogP contribution in [0.4, 0.5) is 11.4 Å². The molecule has 0 saturated heterocycles. The molecule has 0 radical (unpaired) electrons. The lowest BCUT2D eigenvalue weighted by atomic mass is 10.1. The van der Waals surface area contributed by atoms with Crippen molar-refractivity contribution in [2.75, 3.05) is 18.1 Å². The van der Waals surface area contributed by atoms with Gasteiger partial charge in [0.2, 0.25) is 0 Å². The molecule has 3 aromatic rings. The second kappa shape index (κ2) is 7.63. The summed E-state index contributed by atoms with van der Waals surface area (Å²) in [6.45, 7) is 4.05. The smallest absolute Gasteiger partial charge is 0.311 e. The molecule has 2 aromatic carbocycles. The van der Waals surface area contributed by atoms with Gasteiger partial charge in [0.05, 0.1) is 15.6 Å². The summed E-state index contributed by atoms with van der Waals surface area (Å²) in [6, 6.07) is 10.7. The van der Waals surface area contributed by atoms with Gasteiger partial charge in [-0.2, -0.15) is 0 Å². The standard InChI is InChI=1S/C21H19N3O4S/c1-13-3-6-20(19(9-13)24(26)27)28-11-21(25)23-8-7-16-10-15(4-5-18(16)23)17-12-29-14(2)22-17/h3-6,9-10,12H,7-8,11H2,1-2H3. The zero-order valence-electron chi connectivity index (χ0n) is 16.0. The minimum absolute atomic E-state index is 0.0996. The van der Waals surface area contributed by atoms with Crippen LogP contribution in [0.2, 0.25) is 0 Å². The van der Waals surface area contributed by atoms with Gasteiger partial charge in [-0.15, -0.1) is 11.3 Å². The number of carbonyl (C=O) groups excluding carboxylic acids is 1. The van der Waals surface area contributed by atoms with Crippen LogP contribution in [-0.2, 0) is 11.2 Å². The zero-order chi connectivity index (χ0) is 20.5. The molecule has 148 valence electrons. The first kappa shape index (κ1) is 19.1. The molecule has 1 amide bonds. The molecule has 29 heavy (non-hydrogen) atoms. The zero-order valence-corrected chi connectivity index (χ0v) is 16.9. The molecule has 0 spiro atoms. The molecule has 0 atom stereocenters. The molecule has 1 aliphatic rings. The number of hydrogen-bond donors (Lipinski definition) is 0. The van der Waals surface area contributed by atoms with Gasteiger partial charge in [0.15, 0.2) is 12.4 Å². The fourth-order valence-corrected chi connectivity index (χ4v) is 4.05. The van der Waals surface area contributed by atoms with Gasteiger partial charge in [0.1, 0.15) is 0 Å². The maximum absolute atomic E-state index is 12.7. The van der Waals surface area contributed by atoms with E-state index in [-0.39, 0.29) is 24.0 Å². The average Bonchev–Trinajstić information content (AvgIpc) is 3.32. The van der Waals surface area contributed by atoms with Crippen LogP contribution >= 0.6 is 11.3 Å². The second-order valence-electron chi connectivity index (χ2n) is 6.91. The summed E-state index contributed by atoms with van der Waals surface area (Å²) < 4.78 is 5.50. The molecule has 0 aliphatic carbocycles. The molecule has 8 heteroatoms. The Morgan fingerprint density at radius 1 is 1.28 bits per heavy atom. The van der Waals surface area contributed by atoms with E-state index >= 15 is 0 Å². The second-order valence-corrected chi connectivity index (χ2v) is 7.97. The molecule has 0 fully saturated rings. The van der Waals surface area contributed by atoms with E-state index in [0.29, 0.717) is 6.54 Å². The number of anilines is 1. The summed E-state index contributed by atoms with van der Waals surface area (Å²) in [6.07, 6.45) is 0.753. The number of ether oxygens (including phenoxy) is 1. The number of benzene rings is 2. The number of amides is 1. The maximum Gasteiger partial charge on any atom is 0.311 e. The van der Waals surface area contributed by atoms with Crippen LogP contribution in [0.25, 0.3) is 11.3 Å². The summed E-state index contributed by atoms with van der Waals surface area (Å²) in [5.74, 6) is -0.126. The highest BCUT2D eigenvalue weighted by molar-refractivity contribution is 7.09. The first-order chi connectivity index (χ1) is 13.9. The number of nitrogens with zero attached hydrogens (tertiary/aromatic N) is 3. The molecule has 0 bridgehead atoms. The Morgan fingerprint density at radius 3 is 2.83 bits per heavy atom. The van der Waals surface area contributed by atoms with Crippen LogP contribution in [0.1, 0.15) is 16.1 Å². The fourth-order valence-electron chi connectivity index (χ4n) is 3.43. The van der Waals surface area contributed by atoms with E-state index in [1.54, 1.807) is 29.2 Å². The molecule has 1 aliphatic heterocycles. The van der Waals surface area contributed by atoms with Crippen molar-refractivity contribution in [2.45, 2.75) is 20.3 Å². The quantitative estimate of drug-likeness (QED) is 0.463. The molecule has 0 N–H and O–H groups in total. The van der Waals surface area contributed by atoms with Crippen molar-refractivity contribution in [1.82, 2.24) is 4.98 Å². The van der Waals surface area contributed by atoms with Crippen LogP contribution in [-0.4, -0.2) is 29.0 Å². The third-order valence-electron chi connectivity index (χ3n) is 4.85. The number of aryl methyl sites for hydroxylation is 2. The highest BCUT2D eigenvalue weighted by Crippen LogP contribution is 2.33. The van der Waals surface area contributed by atoms with Crippen LogP contribution < -0.4 is 9.64 Å². The monoisotopic (exact) mass is 409 g/mol. The number of nitro groups is 1. The summed E-state index contributed by atoms with van der Waals surface area (Å²) >= 11 is 1.61. The number of fused-ring (bicyclic) bond motifs is 1. The molecular weight excluding hydrogens is 390 g/mol. The van der Waals surface area contributed by atoms with E-state index in [4.69, 9.17) is 4.74 Å². The lowest BCUT2D eigenvalue weighted by molar-refractivity contribution is -0.385. The first-order valence-corrected chi connectivity index (χ1v) is 10.0. The van der Waals surface area contributed by atoms with Crippen LogP contribution in [0.15, 0.2) is 41.8 Å². The number of nitro benzene ring substituents is 1. The number of hydrogen-bond acceptors (Lipinski definition) is 6. The highest BCUT2D eigenvalue weighted by atomic mass is 32.1. The van der Waals surface area contributed by atoms with Gasteiger partial charge in [-0.1, -0.05) is 12.1 Å². The Balaban J connectivity index is 1.49. The van der Waals surface area contributed by atoms with Crippen LogP contribution in [0, 0.1) is 24.0 Å². The van der Waals surface area contributed by atoms with E-state index in [9.17, 15) is 14.9 Å². The predicted molar refractivity (Wildman–Crippen MR) is 112 cm³/mol. The van der Waals surface area contributed by atoms with Crippen LogP contribution in [0.3, 0.4) is 0 Å². The van der Waals surface area contributed by atoms with E-state index in [0.717, 1.165) is 39.5 Å². The summed E-state index contributed by atoms with van der Waals surface area (Å²) in [4.78, 5) is 29.6. The summed E-state index contributed by atoms with van der Waals surface area (Å²) in [5, 5.41) is 14.3. The van der Waals surface area contributed by atoms with Crippen LogP contribution in [0.5, 0.6) is 5.75 Å². The first-order valence-electron chi connectivity index (χ1n) is 9.16. The van der Waals surface area contributed by atoms with Gasteiger partial charge in [-0.05, 0) is 49.6 Å². The Kier molecular flexibility index (Phi) is 5.02. The van der Waals surface area contributed by atoms with Crippen molar-refractivity contribution in [3.63, 3.8) is 0 Å². The average molecular weight is 409 g/mol. The van der Waals surface area contributed by atoms with Gasteiger partial charge in [0.25, 0.3) is 5.91 Å². The van der Waals surface area contributed by atoms with Crippen molar-refractivity contribution in [2.24, 2.45) is 0 Å². The van der Waals surface area contributed by atoms with E-state index in [1.165, 1.54) is 12.1 Å². The Labute approximate surface area is 171 Å². The minimum atomic E-state index is -0.500. The van der Waals surface area contributed by atoms with Gasteiger partial charge in [-0.25, -0.2) is 4.98 Å². The van der Waals surface area contributed by atoms with Gasteiger partial charge >= 0.3 is 5.69 Å². The normalized spacial score (nSPS) is 12.7. The maximum atomic E-state index is 12.7.